The van der Waals surface area contributed by atoms with E-state index in [1.165, 1.54) is 4.90 Å². The van der Waals surface area contributed by atoms with Crippen LogP contribution in [-0.4, -0.2) is 34.5 Å². The van der Waals surface area contributed by atoms with Gasteiger partial charge in [-0.25, -0.2) is 4.79 Å². The van der Waals surface area contributed by atoms with E-state index in [0.29, 0.717) is 17.7 Å². The predicted molar refractivity (Wildman–Crippen MR) is 102 cm³/mol. The first kappa shape index (κ1) is 19.3. The van der Waals surface area contributed by atoms with Crippen molar-refractivity contribution < 1.29 is 14.7 Å². The molecule has 0 bridgehead atoms. The number of carbonyl (C=O) groups is 2. The minimum atomic E-state index is -1.01. The molecule has 2 aromatic carbocycles. The van der Waals surface area contributed by atoms with Crippen LogP contribution in [0.3, 0.4) is 0 Å². The average Bonchev–Trinajstić information content (AvgIpc) is 2.64. The Morgan fingerprint density at radius 1 is 1.08 bits per heavy atom. The number of benzene rings is 2. The SMILES string of the molecule is C#Cc1ccc(C(=O)N(CC(C)C)[C@@H](Cc2ccccc2)C(=O)O)cc1. The monoisotopic (exact) mass is 349 g/mol. The number of rotatable bonds is 7. The molecule has 0 aromatic heterocycles. The third-order valence-electron chi connectivity index (χ3n) is 4.05. The summed E-state index contributed by atoms with van der Waals surface area (Å²) in [5.41, 5.74) is 1.99. The van der Waals surface area contributed by atoms with Crippen molar-refractivity contribution in [3.8, 4) is 12.3 Å². The zero-order valence-corrected chi connectivity index (χ0v) is 15.1. The maximum atomic E-state index is 13.0. The highest BCUT2D eigenvalue weighted by Gasteiger charge is 2.31. The van der Waals surface area contributed by atoms with E-state index in [4.69, 9.17) is 6.42 Å². The molecular weight excluding hydrogens is 326 g/mol. The van der Waals surface area contributed by atoms with Gasteiger partial charge in [0.1, 0.15) is 6.04 Å². The molecule has 1 atom stereocenters. The Balaban J connectivity index is 2.34. The first-order valence-corrected chi connectivity index (χ1v) is 8.56. The van der Waals surface area contributed by atoms with E-state index in [2.05, 4.69) is 5.92 Å². The summed E-state index contributed by atoms with van der Waals surface area (Å²) in [5, 5.41) is 9.78. The maximum absolute atomic E-state index is 13.0. The third-order valence-corrected chi connectivity index (χ3v) is 4.05. The van der Waals surface area contributed by atoms with Crippen LogP contribution in [0.4, 0.5) is 0 Å². The number of hydrogen-bond donors (Lipinski definition) is 1. The van der Waals surface area contributed by atoms with E-state index in [1.807, 2.05) is 44.2 Å². The van der Waals surface area contributed by atoms with Gasteiger partial charge in [-0.2, -0.15) is 0 Å². The van der Waals surface area contributed by atoms with E-state index in [1.54, 1.807) is 24.3 Å². The van der Waals surface area contributed by atoms with Crippen molar-refractivity contribution >= 4 is 11.9 Å². The molecule has 0 aliphatic heterocycles. The van der Waals surface area contributed by atoms with Gasteiger partial charge in [-0.15, -0.1) is 6.42 Å². The summed E-state index contributed by atoms with van der Waals surface area (Å²) in [6, 6.07) is 15.1. The zero-order chi connectivity index (χ0) is 19.1. The van der Waals surface area contributed by atoms with Crippen molar-refractivity contribution in [1.29, 1.82) is 0 Å². The normalized spacial score (nSPS) is 11.6. The van der Waals surface area contributed by atoms with E-state index >= 15 is 0 Å². The van der Waals surface area contributed by atoms with Gasteiger partial charge in [0, 0.05) is 24.1 Å². The van der Waals surface area contributed by atoms with Crippen LogP contribution in [0.5, 0.6) is 0 Å². The molecule has 0 fully saturated rings. The van der Waals surface area contributed by atoms with Gasteiger partial charge in [0.15, 0.2) is 0 Å². The van der Waals surface area contributed by atoms with Gasteiger partial charge in [-0.3, -0.25) is 4.79 Å². The lowest BCUT2D eigenvalue weighted by Gasteiger charge is -2.31. The fourth-order valence-electron chi connectivity index (χ4n) is 2.79. The van der Waals surface area contributed by atoms with E-state index in [0.717, 1.165) is 5.56 Å². The van der Waals surface area contributed by atoms with E-state index in [9.17, 15) is 14.7 Å². The first-order chi connectivity index (χ1) is 12.4. The number of nitrogens with zero attached hydrogens (tertiary/aromatic N) is 1. The summed E-state index contributed by atoms with van der Waals surface area (Å²) in [6.45, 7) is 4.28. The van der Waals surface area contributed by atoms with Crippen molar-refractivity contribution in [3.63, 3.8) is 0 Å². The molecule has 4 nitrogen and oxygen atoms in total. The molecule has 0 aliphatic rings. The molecule has 4 heteroatoms. The van der Waals surface area contributed by atoms with Gasteiger partial charge in [0.05, 0.1) is 0 Å². The zero-order valence-electron chi connectivity index (χ0n) is 15.1. The molecule has 1 amide bonds. The molecule has 0 aliphatic carbocycles. The van der Waals surface area contributed by atoms with Crippen LogP contribution in [-0.2, 0) is 11.2 Å². The highest BCUT2D eigenvalue weighted by atomic mass is 16.4. The highest BCUT2D eigenvalue weighted by molar-refractivity contribution is 5.96. The lowest BCUT2D eigenvalue weighted by molar-refractivity contribution is -0.142. The Morgan fingerprint density at radius 2 is 1.69 bits per heavy atom. The minimum Gasteiger partial charge on any atom is -0.480 e. The standard InChI is InChI=1S/C22H23NO3/c1-4-17-10-12-19(13-11-17)21(24)23(15-16(2)3)20(22(25)26)14-18-8-6-5-7-9-18/h1,5-13,16,20H,14-15H2,2-3H3,(H,25,26)/t20-/m0/s1. The van der Waals surface area contributed by atoms with Crippen molar-refractivity contribution in [2.75, 3.05) is 6.54 Å². The van der Waals surface area contributed by atoms with Gasteiger partial charge in [0.2, 0.25) is 0 Å². The quantitative estimate of drug-likeness (QED) is 0.779. The summed E-state index contributed by atoms with van der Waals surface area (Å²) in [5.74, 6) is 1.34. The van der Waals surface area contributed by atoms with Crippen molar-refractivity contribution in [2.45, 2.75) is 26.3 Å². The molecule has 0 spiro atoms. The van der Waals surface area contributed by atoms with Gasteiger partial charge in [0.25, 0.3) is 5.91 Å². The fraction of sp³-hybridized carbons (Fsp3) is 0.273. The van der Waals surface area contributed by atoms with Gasteiger partial charge in [-0.1, -0.05) is 50.1 Å². The fourth-order valence-corrected chi connectivity index (χ4v) is 2.79. The summed E-state index contributed by atoms with van der Waals surface area (Å²) in [6.07, 6.45) is 5.61. The Morgan fingerprint density at radius 3 is 2.19 bits per heavy atom. The maximum Gasteiger partial charge on any atom is 0.326 e. The van der Waals surface area contributed by atoms with E-state index < -0.39 is 12.0 Å². The second-order valence-corrected chi connectivity index (χ2v) is 6.62. The Hall–Kier alpha value is -3.06. The van der Waals surface area contributed by atoms with Crippen molar-refractivity contribution in [1.82, 2.24) is 4.90 Å². The average molecular weight is 349 g/mol. The molecule has 0 saturated carbocycles. The number of terminal acetylenes is 1. The summed E-state index contributed by atoms with van der Waals surface area (Å²) in [4.78, 5) is 26.4. The molecular formula is C22H23NO3. The number of carboxylic acids is 1. The molecule has 2 aromatic rings. The Kier molecular flexibility index (Phi) is 6.57. The van der Waals surface area contributed by atoms with Gasteiger partial charge >= 0.3 is 5.97 Å². The minimum absolute atomic E-state index is 0.140. The molecule has 1 N–H and O–H groups in total. The van der Waals surface area contributed by atoms with Gasteiger partial charge < -0.3 is 10.0 Å². The lowest BCUT2D eigenvalue weighted by atomic mass is 10.0. The number of amides is 1. The number of carbonyl (C=O) groups excluding carboxylic acids is 1. The second-order valence-electron chi connectivity index (χ2n) is 6.62. The van der Waals surface area contributed by atoms with Crippen LogP contribution in [0.1, 0.15) is 35.3 Å². The van der Waals surface area contributed by atoms with E-state index in [-0.39, 0.29) is 18.2 Å². The topological polar surface area (TPSA) is 57.6 Å². The van der Waals surface area contributed by atoms with Crippen LogP contribution in [0.25, 0.3) is 0 Å². The second kappa shape index (κ2) is 8.87. The number of aliphatic carboxylic acids is 1. The van der Waals surface area contributed by atoms with Crippen molar-refractivity contribution in [2.24, 2.45) is 5.92 Å². The lowest BCUT2D eigenvalue weighted by Crippen LogP contribution is -2.48. The highest BCUT2D eigenvalue weighted by Crippen LogP contribution is 2.16. The Labute approximate surface area is 154 Å². The molecule has 2 rings (SSSR count). The summed E-state index contributed by atoms with van der Waals surface area (Å²) >= 11 is 0. The third kappa shape index (κ3) is 4.97. The number of hydrogen-bond acceptors (Lipinski definition) is 2. The largest absolute Gasteiger partial charge is 0.480 e. The molecule has 0 heterocycles. The molecule has 0 radical (unpaired) electrons. The first-order valence-electron chi connectivity index (χ1n) is 8.56. The predicted octanol–water partition coefficient (Wildman–Crippen LogP) is 3.46. The van der Waals surface area contributed by atoms with Crippen LogP contribution < -0.4 is 0 Å². The summed E-state index contributed by atoms with van der Waals surface area (Å²) < 4.78 is 0. The molecule has 134 valence electrons. The van der Waals surface area contributed by atoms with Gasteiger partial charge in [-0.05, 0) is 35.7 Å². The molecule has 26 heavy (non-hydrogen) atoms. The van der Waals surface area contributed by atoms with Crippen molar-refractivity contribution in [3.05, 3.63) is 71.3 Å². The van der Waals surface area contributed by atoms with Crippen LogP contribution in [0.15, 0.2) is 54.6 Å². The van der Waals surface area contributed by atoms with Crippen LogP contribution in [0, 0.1) is 18.3 Å². The Bertz CT molecular complexity index is 788. The van der Waals surface area contributed by atoms with Crippen LogP contribution in [0.2, 0.25) is 0 Å². The summed E-state index contributed by atoms with van der Waals surface area (Å²) in [7, 11) is 0. The van der Waals surface area contributed by atoms with Crippen LogP contribution >= 0.6 is 0 Å². The smallest absolute Gasteiger partial charge is 0.326 e. The number of carboxylic acid groups (broad SMARTS) is 1. The molecule has 0 unspecified atom stereocenters. The molecule has 0 saturated heterocycles.